The highest BCUT2D eigenvalue weighted by Crippen LogP contribution is 2.20. The molecule has 0 aromatic heterocycles. The molecule has 0 aliphatic heterocycles. The Balaban J connectivity index is 2.42. The Bertz CT molecular complexity index is 344. The Labute approximate surface area is 113 Å². The topological polar surface area (TPSA) is 32.3 Å². The third-order valence-corrected chi connectivity index (χ3v) is 3.47. The van der Waals surface area contributed by atoms with E-state index in [1.54, 1.807) is 6.07 Å². The van der Waals surface area contributed by atoms with Gasteiger partial charge < -0.3 is 10.4 Å². The fraction of sp³-hybridized carbons (Fsp3) is 0.538. The van der Waals surface area contributed by atoms with Crippen LogP contribution in [0.3, 0.4) is 0 Å². The minimum atomic E-state index is 0.248. The summed E-state index contributed by atoms with van der Waals surface area (Å²) in [6.45, 7) is 3.98. The summed E-state index contributed by atoms with van der Waals surface area (Å²) in [4.78, 5) is 0. The van der Waals surface area contributed by atoms with Gasteiger partial charge in [-0.05, 0) is 42.6 Å². The minimum absolute atomic E-state index is 0.248. The molecule has 2 nitrogen and oxygen atoms in total. The second-order valence-electron chi connectivity index (χ2n) is 4.15. The van der Waals surface area contributed by atoms with E-state index in [-0.39, 0.29) is 6.61 Å². The van der Waals surface area contributed by atoms with E-state index in [9.17, 15) is 0 Å². The smallest absolute Gasteiger partial charge is 0.0451 e. The summed E-state index contributed by atoms with van der Waals surface area (Å²) < 4.78 is 0. The molecule has 1 rings (SSSR count). The first-order chi connectivity index (χ1) is 8.17. The van der Waals surface area contributed by atoms with Crippen LogP contribution in [0.15, 0.2) is 18.2 Å². The number of aliphatic hydroxyl groups is 1. The van der Waals surface area contributed by atoms with Gasteiger partial charge in [0.05, 0.1) is 0 Å². The first kappa shape index (κ1) is 14.8. The third-order valence-electron chi connectivity index (χ3n) is 2.87. The van der Waals surface area contributed by atoms with Gasteiger partial charge in [0, 0.05) is 23.2 Å². The zero-order valence-electron chi connectivity index (χ0n) is 10.0. The molecule has 1 aromatic rings. The monoisotopic (exact) mass is 275 g/mol. The van der Waals surface area contributed by atoms with Gasteiger partial charge in [0.2, 0.25) is 0 Å². The summed E-state index contributed by atoms with van der Waals surface area (Å²) >= 11 is 12.0. The maximum Gasteiger partial charge on any atom is 0.0451 e. The number of halogens is 2. The molecule has 0 saturated heterocycles. The third kappa shape index (κ3) is 5.26. The van der Waals surface area contributed by atoms with Gasteiger partial charge in [-0.2, -0.15) is 0 Å². The number of hydrogen-bond acceptors (Lipinski definition) is 2. The largest absolute Gasteiger partial charge is 0.396 e. The molecule has 17 heavy (non-hydrogen) atoms. The number of benzene rings is 1. The van der Waals surface area contributed by atoms with Crippen molar-refractivity contribution >= 4 is 23.2 Å². The van der Waals surface area contributed by atoms with Crippen LogP contribution in [-0.4, -0.2) is 18.3 Å². The molecule has 0 heterocycles. The average molecular weight is 276 g/mol. The SMILES string of the molecule is CCC(CCO)CNCc1cc(Cl)ccc1Cl. The van der Waals surface area contributed by atoms with Gasteiger partial charge in [0.25, 0.3) is 0 Å². The minimum Gasteiger partial charge on any atom is -0.396 e. The van der Waals surface area contributed by atoms with Crippen molar-refractivity contribution in [2.24, 2.45) is 5.92 Å². The Hall–Kier alpha value is -0.280. The van der Waals surface area contributed by atoms with E-state index in [4.69, 9.17) is 28.3 Å². The zero-order chi connectivity index (χ0) is 12.7. The molecule has 96 valence electrons. The van der Waals surface area contributed by atoms with Gasteiger partial charge in [0.15, 0.2) is 0 Å². The van der Waals surface area contributed by atoms with Crippen molar-refractivity contribution in [3.63, 3.8) is 0 Å². The second-order valence-corrected chi connectivity index (χ2v) is 5.00. The second kappa shape index (κ2) is 7.93. The quantitative estimate of drug-likeness (QED) is 0.799. The van der Waals surface area contributed by atoms with Crippen molar-refractivity contribution in [2.75, 3.05) is 13.2 Å². The van der Waals surface area contributed by atoms with Crippen LogP contribution in [0.5, 0.6) is 0 Å². The van der Waals surface area contributed by atoms with Crippen LogP contribution in [0, 0.1) is 5.92 Å². The highest BCUT2D eigenvalue weighted by atomic mass is 35.5. The highest BCUT2D eigenvalue weighted by Gasteiger charge is 2.06. The lowest BCUT2D eigenvalue weighted by Crippen LogP contribution is -2.23. The lowest BCUT2D eigenvalue weighted by atomic mass is 10.0. The average Bonchev–Trinajstić information content (AvgIpc) is 2.32. The van der Waals surface area contributed by atoms with E-state index in [1.165, 1.54) is 0 Å². The number of aliphatic hydroxyl groups excluding tert-OH is 1. The molecular formula is C13H19Cl2NO. The predicted molar refractivity (Wildman–Crippen MR) is 73.7 cm³/mol. The summed E-state index contributed by atoms with van der Waals surface area (Å²) in [6.07, 6.45) is 1.91. The molecule has 0 fully saturated rings. The number of rotatable bonds is 7. The molecule has 4 heteroatoms. The van der Waals surface area contributed by atoms with E-state index in [2.05, 4.69) is 12.2 Å². The van der Waals surface area contributed by atoms with Crippen LogP contribution in [0.4, 0.5) is 0 Å². The lowest BCUT2D eigenvalue weighted by molar-refractivity contribution is 0.251. The van der Waals surface area contributed by atoms with Crippen molar-refractivity contribution in [3.8, 4) is 0 Å². The van der Waals surface area contributed by atoms with Crippen LogP contribution in [0.1, 0.15) is 25.3 Å². The fourth-order valence-corrected chi connectivity index (χ4v) is 2.10. The Morgan fingerprint density at radius 2 is 2.12 bits per heavy atom. The summed E-state index contributed by atoms with van der Waals surface area (Å²) in [5, 5.41) is 13.7. The van der Waals surface area contributed by atoms with Crippen molar-refractivity contribution in [3.05, 3.63) is 33.8 Å². The normalized spacial score (nSPS) is 12.7. The molecular weight excluding hydrogens is 257 g/mol. The summed E-state index contributed by atoms with van der Waals surface area (Å²) in [5.41, 5.74) is 1.01. The molecule has 1 aromatic carbocycles. The van der Waals surface area contributed by atoms with Crippen molar-refractivity contribution in [1.82, 2.24) is 5.32 Å². The van der Waals surface area contributed by atoms with Crippen LogP contribution < -0.4 is 5.32 Å². The van der Waals surface area contributed by atoms with E-state index in [0.29, 0.717) is 17.5 Å². The van der Waals surface area contributed by atoms with Crippen molar-refractivity contribution < 1.29 is 5.11 Å². The van der Waals surface area contributed by atoms with Gasteiger partial charge >= 0.3 is 0 Å². The molecule has 0 amide bonds. The Morgan fingerprint density at radius 1 is 1.35 bits per heavy atom. The first-order valence-electron chi connectivity index (χ1n) is 5.92. The van der Waals surface area contributed by atoms with E-state index in [0.717, 1.165) is 30.0 Å². The molecule has 0 saturated carbocycles. The van der Waals surface area contributed by atoms with Crippen LogP contribution >= 0.6 is 23.2 Å². The molecule has 0 radical (unpaired) electrons. The molecule has 0 aliphatic rings. The summed E-state index contributed by atoms with van der Waals surface area (Å²) in [5.74, 6) is 0.512. The molecule has 2 N–H and O–H groups in total. The lowest BCUT2D eigenvalue weighted by Gasteiger charge is -2.14. The molecule has 0 bridgehead atoms. The van der Waals surface area contributed by atoms with Crippen LogP contribution in [-0.2, 0) is 6.54 Å². The van der Waals surface area contributed by atoms with E-state index >= 15 is 0 Å². The molecule has 1 atom stereocenters. The van der Waals surface area contributed by atoms with Crippen LogP contribution in [0.2, 0.25) is 10.0 Å². The molecule has 1 unspecified atom stereocenters. The zero-order valence-corrected chi connectivity index (χ0v) is 11.6. The van der Waals surface area contributed by atoms with Gasteiger partial charge in [-0.3, -0.25) is 0 Å². The maximum absolute atomic E-state index is 8.90. The number of hydrogen-bond donors (Lipinski definition) is 2. The van der Waals surface area contributed by atoms with Gasteiger partial charge in [0.1, 0.15) is 0 Å². The summed E-state index contributed by atoms with van der Waals surface area (Å²) in [6, 6.07) is 5.48. The molecule has 0 spiro atoms. The van der Waals surface area contributed by atoms with Gasteiger partial charge in [-0.25, -0.2) is 0 Å². The Morgan fingerprint density at radius 3 is 2.76 bits per heavy atom. The van der Waals surface area contributed by atoms with E-state index in [1.807, 2.05) is 12.1 Å². The van der Waals surface area contributed by atoms with Gasteiger partial charge in [-0.15, -0.1) is 0 Å². The van der Waals surface area contributed by atoms with Crippen molar-refractivity contribution in [2.45, 2.75) is 26.3 Å². The molecule has 0 aliphatic carbocycles. The van der Waals surface area contributed by atoms with Crippen molar-refractivity contribution in [1.29, 1.82) is 0 Å². The van der Waals surface area contributed by atoms with E-state index < -0.39 is 0 Å². The summed E-state index contributed by atoms with van der Waals surface area (Å²) in [7, 11) is 0. The standard InChI is InChI=1S/C13H19Cl2NO/c1-2-10(5-6-17)8-16-9-11-7-12(14)3-4-13(11)15/h3-4,7,10,16-17H,2,5-6,8-9H2,1H3. The first-order valence-corrected chi connectivity index (χ1v) is 6.68. The predicted octanol–water partition coefficient (Wildman–Crippen LogP) is 3.49. The Kier molecular flexibility index (Phi) is 6.90. The highest BCUT2D eigenvalue weighted by molar-refractivity contribution is 6.33. The van der Waals surface area contributed by atoms with Crippen LogP contribution in [0.25, 0.3) is 0 Å². The maximum atomic E-state index is 8.90. The van der Waals surface area contributed by atoms with Gasteiger partial charge in [-0.1, -0.05) is 36.5 Å². The fourth-order valence-electron chi connectivity index (χ4n) is 1.72. The number of nitrogens with one attached hydrogen (secondary N) is 1.